The zero-order chi connectivity index (χ0) is 10.8. The third-order valence-electron chi connectivity index (χ3n) is 2.48. The summed E-state index contributed by atoms with van der Waals surface area (Å²) in [7, 11) is 0. The number of phenols is 1. The van der Waals surface area contributed by atoms with Crippen molar-refractivity contribution in [3.8, 4) is 16.9 Å². The fraction of sp³-hybridized carbons (Fsp3) is 0.0769. The second kappa shape index (κ2) is 3.65. The van der Waals surface area contributed by atoms with Crippen LogP contribution in [0.5, 0.6) is 5.75 Å². The van der Waals surface area contributed by atoms with Gasteiger partial charge in [0.25, 0.3) is 0 Å². The average Bonchev–Trinajstić information content (AvgIpc) is 2.23. The first kappa shape index (κ1) is 9.59. The molecule has 2 heteroatoms. The van der Waals surface area contributed by atoms with E-state index in [1.54, 1.807) is 12.1 Å². The molecule has 0 fully saturated rings. The molecule has 3 N–H and O–H groups in total. The normalized spacial score (nSPS) is 10.2. The number of aromatic hydroxyl groups is 1. The maximum atomic E-state index is 9.18. The highest BCUT2D eigenvalue weighted by Gasteiger charge is 1.99. The Hall–Kier alpha value is -1.96. The lowest BCUT2D eigenvalue weighted by Crippen LogP contribution is -1.89. The van der Waals surface area contributed by atoms with E-state index in [1.807, 2.05) is 37.3 Å². The van der Waals surface area contributed by atoms with E-state index in [0.717, 1.165) is 22.4 Å². The van der Waals surface area contributed by atoms with Gasteiger partial charge in [-0.15, -0.1) is 0 Å². The van der Waals surface area contributed by atoms with Crippen molar-refractivity contribution in [2.45, 2.75) is 6.92 Å². The van der Waals surface area contributed by atoms with E-state index in [-0.39, 0.29) is 5.75 Å². The summed E-state index contributed by atoms with van der Waals surface area (Å²) in [5, 5.41) is 9.18. The summed E-state index contributed by atoms with van der Waals surface area (Å²) in [5.74, 6) is 0.277. The van der Waals surface area contributed by atoms with Gasteiger partial charge in [0.2, 0.25) is 0 Å². The number of hydrogen-bond donors (Lipinski definition) is 2. The van der Waals surface area contributed by atoms with Crippen LogP contribution in [0.1, 0.15) is 5.56 Å². The summed E-state index contributed by atoms with van der Waals surface area (Å²) in [5.41, 5.74) is 9.83. The van der Waals surface area contributed by atoms with Gasteiger partial charge in [-0.1, -0.05) is 24.3 Å². The van der Waals surface area contributed by atoms with Gasteiger partial charge < -0.3 is 10.8 Å². The van der Waals surface area contributed by atoms with Gasteiger partial charge in [-0.25, -0.2) is 0 Å². The smallest absolute Gasteiger partial charge is 0.115 e. The van der Waals surface area contributed by atoms with Crippen molar-refractivity contribution >= 4 is 5.69 Å². The molecule has 0 unspecified atom stereocenters. The molecule has 0 atom stereocenters. The number of aryl methyl sites for hydroxylation is 1. The number of benzene rings is 2. The van der Waals surface area contributed by atoms with E-state index in [0.29, 0.717) is 0 Å². The fourth-order valence-corrected chi connectivity index (χ4v) is 1.47. The average molecular weight is 199 g/mol. The number of anilines is 1. The first-order valence-corrected chi connectivity index (χ1v) is 4.82. The molecule has 0 aliphatic rings. The Kier molecular flexibility index (Phi) is 2.34. The number of nitrogen functional groups attached to an aromatic ring is 1. The van der Waals surface area contributed by atoms with Gasteiger partial charge in [-0.3, -0.25) is 0 Å². The molecule has 0 radical (unpaired) electrons. The molecule has 2 aromatic rings. The van der Waals surface area contributed by atoms with Crippen LogP contribution in [0.3, 0.4) is 0 Å². The molecule has 0 amide bonds. The Morgan fingerprint density at radius 3 is 2.13 bits per heavy atom. The van der Waals surface area contributed by atoms with Crippen molar-refractivity contribution in [2.24, 2.45) is 0 Å². The molecule has 0 aromatic heterocycles. The minimum absolute atomic E-state index is 0.277. The SMILES string of the molecule is Cc1ccc(-c2ccc(O)cc2)cc1N. The van der Waals surface area contributed by atoms with Gasteiger partial charge in [-0.05, 0) is 41.8 Å². The molecule has 2 rings (SSSR count). The van der Waals surface area contributed by atoms with Gasteiger partial charge in [0, 0.05) is 5.69 Å². The highest BCUT2D eigenvalue weighted by Crippen LogP contribution is 2.25. The van der Waals surface area contributed by atoms with Crippen LogP contribution < -0.4 is 5.73 Å². The minimum Gasteiger partial charge on any atom is -0.508 e. The fourth-order valence-electron chi connectivity index (χ4n) is 1.47. The highest BCUT2D eigenvalue weighted by molar-refractivity contribution is 5.69. The van der Waals surface area contributed by atoms with Gasteiger partial charge in [0.05, 0.1) is 0 Å². The molecule has 0 aliphatic carbocycles. The Balaban J connectivity index is 2.45. The first-order valence-electron chi connectivity index (χ1n) is 4.82. The summed E-state index contributed by atoms with van der Waals surface area (Å²) in [6, 6.07) is 13.1. The summed E-state index contributed by atoms with van der Waals surface area (Å²) in [6.45, 7) is 1.98. The number of nitrogens with two attached hydrogens (primary N) is 1. The van der Waals surface area contributed by atoms with Crippen molar-refractivity contribution < 1.29 is 5.11 Å². The second-order valence-electron chi connectivity index (χ2n) is 3.62. The van der Waals surface area contributed by atoms with Gasteiger partial charge >= 0.3 is 0 Å². The van der Waals surface area contributed by atoms with Crippen LogP contribution in [0.2, 0.25) is 0 Å². The minimum atomic E-state index is 0.277. The molecule has 2 nitrogen and oxygen atoms in total. The van der Waals surface area contributed by atoms with Crippen molar-refractivity contribution in [2.75, 3.05) is 5.73 Å². The highest BCUT2D eigenvalue weighted by atomic mass is 16.3. The van der Waals surface area contributed by atoms with Crippen LogP contribution in [-0.4, -0.2) is 5.11 Å². The molecule has 2 aromatic carbocycles. The van der Waals surface area contributed by atoms with E-state index < -0.39 is 0 Å². The lowest BCUT2D eigenvalue weighted by Gasteiger charge is -2.05. The summed E-state index contributed by atoms with van der Waals surface area (Å²) in [4.78, 5) is 0. The summed E-state index contributed by atoms with van der Waals surface area (Å²) < 4.78 is 0. The largest absolute Gasteiger partial charge is 0.508 e. The molecule has 0 bridgehead atoms. The lowest BCUT2D eigenvalue weighted by molar-refractivity contribution is 0.475. The zero-order valence-electron chi connectivity index (χ0n) is 8.57. The predicted octanol–water partition coefficient (Wildman–Crippen LogP) is 2.95. The van der Waals surface area contributed by atoms with Gasteiger partial charge in [-0.2, -0.15) is 0 Å². The maximum Gasteiger partial charge on any atom is 0.115 e. The lowest BCUT2D eigenvalue weighted by atomic mass is 10.0. The molecular weight excluding hydrogens is 186 g/mol. The van der Waals surface area contributed by atoms with Crippen molar-refractivity contribution in [3.05, 3.63) is 48.0 Å². The van der Waals surface area contributed by atoms with Crippen LogP contribution >= 0.6 is 0 Å². The number of rotatable bonds is 1. The van der Waals surface area contributed by atoms with E-state index in [2.05, 4.69) is 0 Å². The third-order valence-corrected chi connectivity index (χ3v) is 2.48. The molecule has 76 valence electrons. The quantitative estimate of drug-likeness (QED) is 0.693. The maximum absolute atomic E-state index is 9.18. The number of hydrogen-bond acceptors (Lipinski definition) is 2. The molecule has 0 saturated heterocycles. The van der Waals surface area contributed by atoms with E-state index in [4.69, 9.17) is 5.73 Å². The Morgan fingerprint density at radius 1 is 0.933 bits per heavy atom. The molecule has 15 heavy (non-hydrogen) atoms. The van der Waals surface area contributed by atoms with Crippen molar-refractivity contribution in [1.82, 2.24) is 0 Å². The van der Waals surface area contributed by atoms with E-state index in [9.17, 15) is 5.11 Å². The number of phenolic OH excluding ortho intramolecular Hbond substituents is 1. The Morgan fingerprint density at radius 2 is 1.53 bits per heavy atom. The molecule has 0 saturated carbocycles. The van der Waals surface area contributed by atoms with Crippen LogP contribution in [-0.2, 0) is 0 Å². The summed E-state index contributed by atoms with van der Waals surface area (Å²) >= 11 is 0. The monoisotopic (exact) mass is 199 g/mol. The van der Waals surface area contributed by atoms with E-state index >= 15 is 0 Å². The molecule has 0 heterocycles. The Bertz CT molecular complexity index is 474. The van der Waals surface area contributed by atoms with Crippen LogP contribution in [0.25, 0.3) is 11.1 Å². The Labute approximate surface area is 89.0 Å². The van der Waals surface area contributed by atoms with E-state index in [1.165, 1.54) is 0 Å². The topological polar surface area (TPSA) is 46.2 Å². The van der Waals surface area contributed by atoms with Crippen LogP contribution in [0.15, 0.2) is 42.5 Å². The van der Waals surface area contributed by atoms with Crippen LogP contribution in [0, 0.1) is 6.92 Å². The molecular formula is C13H13NO. The van der Waals surface area contributed by atoms with Crippen molar-refractivity contribution in [3.63, 3.8) is 0 Å². The van der Waals surface area contributed by atoms with Crippen LogP contribution in [0.4, 0.5) is 5.69 Å². The molecule has 0 spiro atoms. The van der Waals surface area contributed by atoms with Gasteiger partial charge in [0.1, 0.15) is 5.75 Å². The standard InChI is InChI=1S/C13H13NO/c1-9-2-3-11(8-13(9)14)10-4-6-12(15)7-5-10/h2-8,15H,14H2,1H3. The second-order valence-corrected chi connectivity index (χ2v) is 3.62. The zero-order valence-corrected chi connectivity index (χ0v) is 8.57. The first-order chi connectivity index (χ1) is 7.16. The predicted molar refractivity (Wildman–Crippen MR) is 62.7 cm³/mol. The van der Waals surface area contributed by atoms with Gasteiger partial charge in [0.15, 0.2) is 0 Å². The third kappa shape index (κ3) is 1.94. The summed E-state index contributed by atoms with van der Waals surface area (Å²) in [6.07, 6.45) is 0. The molecule has 0 aliphatic heterocycles. The van der Waals surface area contributed by atoms with Crippen molar-refractivity contribution in [1.29, 1.82) is 0 Å².